The Morgan fingerprint density at radius 3 is 2.46 bits per heavy atom. The average molecular weight is 397 g/mol. The van der Waals surface area contributed by atoms with Crippen LogP contribution in [0, 0.1) is 6.92 Å². The summed E-state index contributed by atoms with van der Waals surface area (Å²) in [6.07, 6.45) is 2.82. The number of aryl methyl sites for hydroxylation is 1. The van der Waals surface area contributed by atoms with Crippen molar-refractivity contribution in [2.75, 3.05) is 10.8 Å². The van der Waals surface area contributed by atoms with E-state index < -0.39 is 22.5 Å². The van der Waals surface area contributed by atoms with E-state index in [9.17, 15) is 13.2 Å². The van der Waals surface area contributed by atoms with E-state index in [4.69, 9.17) is 4.42 Å². The summed E-state index contributed by atoms with van der Waals surface area (Å²) < 4.78 is 32.5. The van der Waals surface area contributed by atoms with Crippen molar-refractivity contribution in [1.82, 2.24) is 5.43 Å². The quantitative estimate of drug-likeness (QED) is 0.490. The van der Waals surface area contributed by atoms with Gasteiger partial charge in [0, 0.05) is 0 Å². The number of hydrogen-bond acceptors (Lipinski definition) is 5. The van der Waals surface area contributed by atoms with Crippen molar-refractivity contribution in [2.45, 2.75) is 11.8 Å². The number of nitrogens with one attached hydrogen (secondary N) is 1. The summed E-state index contributed by atoms with van der Waals surface area (Å²) in [4.78, 5) is 12.5. The molecule has 0 spiro atoms. The predicted octanol–water partition coefficient (Wildman–Crippen LogP) is 2.93. The second-order valence-electron chi connectivity index (χ2n) is 5.92. The minimum Gasteiger partial charge on any atom is -0.463 e. The molecule has 0 aliphatic rings. The van der Waals surface area contributed by atoms with Crippen molar-refractivity contribution in [3.8, 4) is 0 Å². The van der Waals surface area contributed by atoms with Gasteiger partial charge >= 0.3 is 0 Å². The summed E-state index contributed by atoms with van der Waals surface area (Å²) in [5.41, 5.74) is 3.49. The van der Waals surface area contributed by atoms with Gasteiger partial charge in [0.2, 0.25) is 0 Å². The van der Waals surface area contributed by atoms with Gasteiger partial charge in [-0.25, -0.2) is 13.8 Å². The first kappa shape index (κ1) is 19.4. The maximum atomic E-state index is 13.2. The fourth-order valence-corrected chi connectivity index (χ4v) is 4.07. The smallest absolute Gasteiger partial charge is 0.264 e. The molecule has 2 aromatic carbocycles. The normalized spacial score (nSPS) is 11.5. The second kappa shape index (κ2) is 8.53. The molecule has 0 fully saturated rings. The number of para-hydroxylation sites is 1. The number of rotatable bonds is 7. The third kappa shape index (κ3) is 4.47. The Morgan fingerprint density at radius 1 is 1.07 bits per heavy atom. The van der Waals surface area contributed by atoms with Gasteiger partial charge in [0.25, 0.3) is 15.9 Å². The van der Waals surface area contributed by atoms with Gasteiger partial charge in [-0.1, -0.05) is 36.4 Å². The Kier molecular flexibility index (Phi) is 5.90. The summed E-state index contributed by atoms with van der Waals surface area (Å²) in [6.45, 7) is 1.37. The van der Waals surface area contributed by atoms with E-state index in [0.29, 0.717) is 11.4 Å². The first-order valence-corrected chi connectivity index (χ1v) is 9.91. The minimum atomic E-state index is -3.94. The van der Waals surface area contributed by atoms with Crippen molar-refractivity contribution >= 4 is 27.8 Å². The summed E-state index contributed by atoms with van der Waals surface area (Å²) in [7, 11) is -3.94. The first-order valence-electron chi connectivity index (χ1n) is 8.47. The molecule has 0 aliphatic carbocycles. The summed E-state index contributed by atoms with van der Waals surface area (Å²) in [6, 6.07) is 18.3. The summed E-state index contributed by atoms with van der Waals surface area (Å²) in [5, 5.41) is 3.80. The van der Waals surface area contributed by atoms with E-state index in [1.165, 1.54) is 24.6 Å². The van der Waals surface area contributed by atoms with E-state index in [2.05, 4.69) is 10.5 Å². The van der Waals surface area contributed by atoms with Crippen LogP contribution in [0.3, 0.4) is 0 Å². The van der Waals surface area contributed by atoms with Crippen molar-refractivity contribution in [1.29, 1.82) is 0 Å². The van der Waals surface area contributed by atoms with Crippen LogP contribution in [0.1, 0.15) is 11.3 Å². The van der Waals surface area contributed by atoms with Crippen LogP contribution in [0.25, 0.3) is 0 Å². The molecule has 1 N–H and O–H groups in total. The van der Waals surface area contributed by atoms with Crippen LogP contribution >= 0.6 is 0 Å². The number of furan rings is 1. The largest absolute Gasteiger partial charge is 0.463 e. The van der Waals surface area contributed by atoms with E-state index in [-0.39, 0.29) is 4.90 Å². The monoisotopic (exact) mass is 397 g/mol. The molecule has 1 aromatic heterocycles. The van der Waals surface area contributed by atoms with E-state index in [1.807, 2.05) is 0 Å². The van der Waals surface area contributed by atoms with Crippen LogP contribution in [-0.4, -0.2) is 27.1 Å². The zero-order valence-electron chi connectivity index (χ0n) is 15.1. The Bertz CT molecular complexity index is 1060. The lowest BCUT2D eigenvalue weighted by Gasteiger charge is -2.25. The SMILES string of the molecule is Cc1ccccc1N(CC(=O)N/N=C/c1ccco1)S(=O)(=O)c1ccccc1. The first-order chi connectivity index (χ1) is 13.5. The fraction of sp³-hybridized carbons (Fsp3) is 0.100. The molecular formula is C20H19N3O4S. The Labute approximate surface area is 163 Å². The van der Waals surface area contributed by atoms with Crippen molar-refractivity contribution in [3.63, 3.8) is 0 Å². The van der Waals surface area contributed by atoms with Crippen LogP contribution in [0.15, 0.2) is 87.4 Å². The summed E-state index contributed by atoms with van der Waals surface area (Å²) >= 11 is 0. The predicted molar refractivity (Wildman–Crippen MR) is 107 cm³/mol. The maximum Gasteiger partial charge on any atom is 0.264 e. The van der Waals surface area contributed by atoms with Gasteiger partial charge in [-0.15, -0.1) is 0 Å². The lowest BCUT2D eigenvalue weighted by atomic mass is 10.2. The van der Waals surface area contributed by atoms with E-state index in [1.54, 1.807) is 61.5 Å². The van der Waals surface area contributed by atoms with Crippen molar-refractivity contribution in [2.24, 2.45) is 5.10 Å². The van der Waals surface area contributed by atoms with Crippen LogP contribution in [-0.2, 0) is 14.8 Å². The number of sulfonamides is 1. The Morgan fingerprint density at radius 2 is 1.79 bits per heavy atom. The zero-order chi connectivity index (χ0) is 20.0. The van der Waals surface area contributed by atoms with Gasteiger partial charge in [0.05, 0.1) is 23.1 Å². The highest BCUT2D eigenvalue weighted by atomic mass is 32.2. The lowest BCUT2D eigenvalue weighted by Crippen LogP contribution is -2.40. The molecule has 28 heavy (non-hydrogen) atoms. The van der Waals surface area contributed by atoms with E-state index >= 15 is 0 Å². The number of carbonyl (C=O) groups is 1. The van der Waals surface area contributed by atoms with Crippen LogP contribution in [0.5, 0.6) is 0 Å². The molecule has 1 heterocycles. The van der Waals surface area contributed by atoms with Crippen molar-refractivity contribution < 1.29 is 17.6 Å². The molecule has 0 aliphatic heterocycles. The number of carbonyl (C=O) groups excluding carboxylic acids is 1. The molecule has 0 saturated heterocycles. The molecule has 3 rings (SSSR count). The third-order valence-corrected chi connectivity index (χ3v) is 5.70. The zero-order valence-corrected chi connectivity index (χ0v) is 16.0. The third-order valence-electron chi connectivity index (χ3n) is 3.93. The number of benzene rings is 2. The second-order valence-corrected chi connectivity index (χ2v) is 7.78. The molecule has 8 heteroatoms. The molecule has 3 aromatic rings. The number of amides is 1. The van der Waals surface area contributed by atoms with E-state index in [0.717, 1.165) is 9.87 Å². The fourth-order valence-electron chi connectivity index (χ4n) is 2.56. The highest BCUT2D eigenvalue weighted by Crippen LogP contribution is 2.26. The average Bonchev–Trinajstić information content (AvgIpc) is 3.21. The lowest BCUT2D eigenvalue weighted by molar-refractivity contribution is -0.119. The highest BCUT2D eigenvalue weighted by molar-refractivity contribution is 7.92. The molecule has 7 nitrogen and oxygen atoms in total. The molecule has 0 bridgehead atoms. The highest BCUT2D eigenvalue weighted by Gasteiger charge is 2.27. The van der Waals surface area contributed by atoms with Gasteiger partial charge in [-0.05, 0) is 42.8 Å². The van der Waals surface area contributed by atoms with Gasteiger partial charge in [0.1, 0.15) is 12.3 Å². The van der Waals surface area contributed by atoms with Gasteiger partial charge in [-0.2, -0.15) is 5.10 Å². The number of anilines is 1. The molecule has 0 saturated carbocycles. The van der Waals surface area contributed by atoms with Gasteiger partial charge in [-0.3, -0.25) is 9.10 Å². The van der Waals surface area contributed by atoms with Crippen molar-refractivity contribution in [3.05, 3.63) is 84.3 Å². The number of hydrazone groups is 1. The van der Waals surface area contributed by atoms with Crippen LogP contribution in [0.2, 0.25) is 0 Å². The molecule has 144 valence electrons. The molecule has 0 radical (unpaired) electrons. The van der Waals surface area contributed by atoms with Crippen LogP contribution < -0.4 is 9.73 Å². The van der Waals surface area contributed by atoms with Crippen LogP contribution in [0.4, 0.5) is 5.69 Å². The topological polar surface area (TPSA) is 92.0 Å². The minimum absolute atomic E-state index is 0.102. The molecular weight excluding hydrogens is 378 g/mol. The molecule has 0 atom stereocenters. The number of hydrogen-bond donors (Lipinski definition) is 1. The molecule has 1 amide bonds. The Balaban J connectivity index is 1.87. The van der Waals surface area contributed by atoms with Gasteiger partial charge < -0.3 is 4.42 Å². The van der Waals surface area contributed by atoms with Gasteiger partial charge in [0.15, 0.2) is 0 Å². The summed E-state index contributed by atoms with van der Waals surface area (Å²) in [5.74, 6) is -0.112. The Hall–Kier alpha value is -3.39. The molecule has 0 unspecified atom stereocenters. The standard InChI is InChI=1S/C20H19N3O4S/c1-16-8-5-6-12-19(16)23(28(25,26)18-10-3-2-4-11-18)15-20(24)22-21-14-17-9-7-13-27-17/h2-14H,15H2,1H3,(H,22,24)/b21-14+. The number of nitrogens with zero attached hydrogens (tertiary/aromatic N) is 2. The maximum absolute atomic E-state index is 13.2.